The topological polar surface area (TPSA) is 44.4 Å². The molecule has 1 fully saturated rings. The van der Waals surface area contributed by atoms with Gasteiger partial charge in [-0.05, 0) is 33.0 Å². The fourth-order valence-corrected chi connectivity index (χ4v) is 2.16. The van der Waals surface area contributed by atoms with Crippen molar-refractivity contribution in [2.45, 2.75) is 32.2 Å². The summed E-state index contributed by atoms with van der Waals surface area (Å²) < 4.78 is 0. The van der Waals surface area contributed by atoms with Crippen LogP contribution in [0.3, 0.4) is 0 Å². The maximum atomic E-state index is 11.3. The predicted octanol–water partition coefficient (Wildman–Crippen LogP) is 0.196. The average molecular weight is 213 g/mol. The third-order valence-electron chi connectivity index (χ3n) is 3.03. The highest BCUT2D eigenvalue weighted by atomic mass is 16.1. The molecule has 0 saturated carbocycles. The molecule has 88 valence electrons. The zero-order chi connectivity index (χ0) is 11.1. The summed E-state index contributed by atoms with van der Waals surface area (Å²) in [4.78, 5) is 13.8. The Morgan fingerprint density at radius 3 is 2.93 bits per heavy atom. The summed E-state index contributed by atoms with van der Waals surface area (Å²) in [7, 11) is 1.79. The van der Waals surface area contributed by atoms with Crippen LogP contribution in [-0.4, -0.2) is 50.1 Å². The quantitative estimate of drug-likeness (QED) is 0.685. The molecule has 1 unspecified atom stereocenters. The van der Waals surface area contributed by atoms with Gasteiger partial charge in [-0.15, -0.1) is 0 Å². The van der Waals surface area contributed by atoms with E-state index in [4.69, 9.17) is 0 Å². The van der Waals surface area contributed by atoms with E-state index in [0.29, 0.717) is 12.6 Å². The van der Waals surface area contributed by atoms with Crippen LogP contribution < -0.4 is 10.6 Å². The summed E-state index contributed by atoms with van der Waals surface area (Å²) in [6, 6.07) is 0.546. The highest BCUT2D eigenvalue weighted by molar-refractivity contribution is 5.77. The van der Waals surface area contributed by atoms with Crippen LogP contribution in [0, 0.1) is 0 Å². The van der Waals surface area contributed by atoms with E-state index in [9.17, 15) is 4.79 Å². The zero-order valence-electron chi connectivity index (χ0n) is 9.88. The van der Waals surface area contributed by atoms with Crippen molar-refractivity contribution in [1.29, 1.82) is 0 Å². The fraction of sp³-hybridized carbons (Fsp3) is 0.909. The van der Waals surface area contributed by atoms with Crippen LogP contribution in [0.5, 0.6) is 0 Å². The third-order valence-corrected chi connectivity index (χ3v) is 3.03. The van der Waals surface area contributed by atoms with Crippen molar-refractivity contribution in [2.75, 3.05) is 33.2 Å². The molecule has 4 nitrogen and oxygen atoms in total. The Morgan fingerprint density at radius 2 is 2.27 bits per heavy atom. The number of carbonyl (C=O) groups is 1. The SMILES string of the molecule is CCN1CCCCC1CNC(=O)CNC. The lowest BCUT2D eigenvalue weighted by molar-refractivity contribution is -0.120. The molecule has 1 rings (SSSR count). The summed E-state index contributed by atoms with van der Waals surface area (Å²) in [5.74, 6) is 0.0964. The minimum Gasteiger partial charge on any atom is -0.353 e. The summed E-state index contributed by atoms with van der Waals surface area (Å²) in [5, 5.41) is 5.83. The number of carbonyl (C=O) groups excluding carboxylic acids is 1. The van der Waals surface area contributed by atoms with Crippen LogP contribution >= 0.6 is 0 Å². The number of likely N-dealkylation sites (tertiary alicyclic amines) is 1. The van der Waals surface area contributed by atoms with E-state index in [1.807, 2.05) is 0 Å². The second-order valence-electron chi connectivity index (χ2n) is 4.11. The highest BCUT2D eigenvalue weighted by Crippen LogP contribution is 2.15. The van der Waals surface area contributed by atoms with Crippen molar-refractivity contribution in [2.24, 2.45) is 0 Å². The molecule has 0 aliphatic carbocycles. The van der Waals surface area contributed by atoms with E-state index < -0.39 is 0 Å². The van der Waals surface area contributed by atoms with E-state index in [1.54, 1.807) is 7.05 Å². The molecule has 1 heterocycles. The molecule has 0 bridgehead atoms. The number of hydrogen-bond acceptors (Lipinski definition) is 3. The van der Waals surface area contributed by atoms with Gasteiger partial charge >= 0.3 is 0 Å². The van der Waals surface area contributed by atoms with Crippen molar-refractivity contribution < 1.29 is 4.79 Å². The Hall–Kier alpha value is -0.610. The predicted molar refractivity (Wildman–Crippen MR) is 61.8 cm³/mol. The number of likely N-dealkylation sites (N-methyl/N-ethyl adjacent to an activating group) is 2. The van der Waals surface area contributed by atoms with E-state index in [0.717, 1.165) is 13.1 Å². The first-order valence-corrected chi connectivity index (χ1v) is 5.93. The average Bonchev–Trinajstić information content (AvgIpc) is 2.27. The number of hydrogen-bond donors (Lipinski definition) is 2. The van der Waals surface area contributed by atoms with Crippen molar-refractivity contribution in [3.63, 3.8) is 0 Å². The standard InChI is InChI=1S/C11H23N3O/c1-3-14-7-5-4-6-10(14)8-13-11(15)9-12-2/h10,12H,3-9H2,1-2H3,(H,13,15). The minimum absolute atomic E-state index is 0.0964. The maximum absolute atomic E-state index is 11.3. The van der Waals surface area contributed by atoms with Gasteiger partial charge in [-0.3, -0.25) is 9.69 Å². The number of amides is 1. The van der Waals surface area contributed by atoms with Crippen LogP contribution in [-0.2, 0) is 4.79 Å². The fourth-order valence-electron chi connectivity index (χ4n) is 2.16. The van der Waals surface area contributed by atoms with Crippen molar-refractivity contribution in [3.8, 4) is 0 Å². The van der Waals surface area contributed by atoms with Gasteiger partial charge < -0.3 is 10.6 Å². The first kappa shape index (κ1) is 12.5. The molecule has 1 saturated heterocycles. The van der Waals surface area contributed by atoms with Crippen LogP contribution in [0.4, 0.5) is 0 Å². The van der Waals surface area contributed by atoms with Gasteiger partial charge in [0.1, 0.15) is 0 Å². The number of nitrogens with zero attached hydrogens (tertiary/aromatic N) is 1. The smallest absolute Gasteiger partial charge is 0.234 e. The van der Waals surface area contributed by atoms with Crippen molar-refractivity contribution in [1.82, 2.24) is 15.5 Å². The lowest BCUT2D eigenvalue weighted by atomic mass is 10.0. The van der Waals surface area contributed by atoms with Crippen LogP contribution in [0.2, 0.25) is 0 Å². The van der Waals surface area contributed by atoms with E-state index >= 15 is 0 Å². The van der Waals surface area contributed by atoms with Gasteiger partial charge in [0.2, 0.25) is 5.91 Å². The molecule has 2 N–H and O–H groups in total. The number of nitrogens with one attached hydrogen (secondary N) is 2. The summed E-state index contributed by atoms with van der Waals surface area (Å²) in [6.07, 6.45) is 3.81. The molecule has 0 aromatic carbocycles. The normalized spacial score (nSPS) is 22.7. The molecule has 0 aromatic rings. The Balaban J connectivity index is 2.26. The molecule has 0 spiro atoms. The minimum atomic E-state index is 0.0964. The first-order valence-electron chi connectivity index (χ1n) is 5.93. The van der Waals surface area contributed by atoms with Crippen molar-refractivity contribution >= 4 is 5.91 Å². The van der Waals surface area contributed by atoms with E-state index in [1.165, 1.54) is 25.8 Å². The summed E-state index contributed by atoms with van der Waals surface area (Å²) in [5.41, 5.74) is 0. The Labute approximate surface area is 92.4 Å². The molecule has 0 radical (unpaired) electrons. The van der Waals surface area contributed by atoms with Gasteiger partial charge in [-0.1, -0.05) is 13.3 Å². The highest BCUT2D eigenvalue weighted by Gasteiger charge is 2.20. The van der Waals surface area contributed by atoms with Gasteiger partial charge in [0, 0.05) is 12.6 Å². The van der Waals surface area contributed by atoms with Crippen LogP contribution in [0.25, 0.3) is 0 Å². The largest absolute Gasteiger partial charge is 0.353 e. The second-order valence-corrected chi connectivity index (χ2v) is 4.11. The van der Waals surface area contributed by atoms with Gasteiger partial charge in [-0.2, -0.15) is 0 Å². The van der Waals surface area contributed by atoms with Gasteiger partial charge in [0.15, 0.2) is 0 Å². The van der Waals surface area contributed by atoms with Crippen molar-refractivity contribution in [3.05, 3.63) is 0 Å². The Bertz CT molecular complexity index is 196. The van der Waals surface area contributed by atoms with E-state index in [2.05, 4.69) is 22.5 Å². The Morgan fingerprint density at radius 1 is 1.47 bits per heavy atom. The van der Waals surface area contributed by atoms with Gasteiger partial charge in [-0.25, -0.2) is 0 Å². The maximum Gasteiger partial charge on any atom is 0.234 e. The lowest BCUT2D eigenvalue weighted by Crippen LogP contribution is -2.47. The van der Waals surface area contributed by atoms with Crippen LogP contribution in [0.15, 0.2) is 0 Å². The number of rotatable bonds is 5. The molecule has 15 heavy (non-hydrogen) atoms. The molecular formula is C11H23N3O. The third kappa shape index (κ3) is 4.18. The molecular weight excluding hydrogens is 190 g/mol. The summed E-state index contributed by atoms with van der Waals surface area (Å²) in [6.45, 7) is 5.68. The molecule has 0 aromatic heterocycles. The van der Waals surface area contributed by atoms with Gasteiger partial charge in [0.05, 0.1) is 6.54 Å². The molecule has 4 heteroatoms. The Kier molecular flexibility index (Phi) is 5.65. The molecule has 1 aliphatic heterocycles. The second kappa shape index (κ2) is 6.80. The number of piperidine rings is 1. The lowest BCUT2D eigenvalue weighted by Gasteiger charge is -2.34. The summed E-state index contributed by atoms with van der Waals surface area (Å²) >= 11 is 0. The van der Waals surface area contributed by atoms with Crippen LogP contribution in [0.1, 0.15) is 26.2 Å². The zero-order valence-corrected chi connectivity index (χ0v) is 9.88. The first-order chi connectivity index (χ1) is 7.27. The molecule has 1 atom stereocenters. The monoisotopic (exact) mass is 213 g/mol. The molecule has 1 amide bonds. The molecule has 1 aliphatic rings. The van der Waals surface area contributed by atoms with Gasteiger partial charge in [0.25, 0.3) is 0 Å². The van der Waals surface area contributed by atoms with E-state index in [-0.39, 0.29) is 5.91 Å².